The highest BCUT2D eigenvalue weighted by Crippen LogP contribution is 2.68. The highest BCUT2D eigenvalue weighted by atomic mass is 32.2. The monoisotopic (exact) mass is 327 g/mol. The molecule has 6 rings (SSSR count). The fraction of sp³-hybridized carbons (Fsp3) is 0.650. The van der Waals surface area contributed by atoms with Crippen molar-refractivity contribution in [3.63, 3.8) is 0 Å². The molecule has 5 aliphatic rings. The number of nitrogens with two attached hydrogens (primary N) is 1. The van der Waals surface area contributed by atoms with E-state index in [1.807, 2.05) is 0 Å². The summed E-state index contributed by atoms with van der Waals surface area (Å²) in [5.41, 5.74) is 7.39. The Kier molecular flexibility index (Phi) is 2.99. The molecule has 1 amide bonds. The highest BCUT2D eigenvalue weighted by molar-refractivity contribution is 8.00. The number of benzene rings is 1. The molecule has 2 unspecified atom stereocenters. The Balaban J connectivity index is 1.54. The van der Waals surface area contributed by atoms with Crippen LogP contribution in [0.3, 0.4) is 0 Å². The van der Waals surface area contributed by atoms with Crippen molar-refractivity contribution in [3.05, 3.63) is 35.9 Å². The van der Waals surface area contributed by atoms with Crippen molar-refractivity contribution >= 4 is 17.7 Å². The summed E-state index contributed by atoms with van der Waals surface area (Å²) in [6, 6.07) is 11.0. The molecule has 4 bridgehead atoms. The average Bonchev–Trinajstić information content (AvgIpc) is 3.35. The van der Waals surface area contributed by atoms with Gasteiger partial charge in [0.2, 0.25) is 5.91 Å². The van der Waals surface area contributed by atoms with Crippen LogP contribution in [-0.4, -0.2) is 16.4 Å². The number of hydrogen-bond donors (Lipinski definition) is 1. The van der Waals surface area contributed by atoms with E-state index in [-0.39, 0.29) is 16.7 Å². The topological polar surface area (TPSA) is 43.1 Å². The summed E-state index contributed by atoms with van der Waals surface area (Å²) in [4.78, 5) is 12.4. The second kappa shape index (κ2) is 4.78. The summed E-state index contributed by atoms with van der Waals surface area (Å²) in [5, 5.41) is 1.70. The summed E-state index contributed by atoms with van der Waals surface area (Å²) < 4.78 is 0. The van der Waals surface area contributed by atoms with E-state index in [1.165, 1.54) is 31.2 Å². The zero-order valence-electron chi connectivity index (χ0n) is 13.5. The molecule has 2 nitrogen and oxygen atoms in total. The van der Waals surface area contributed by atoms with Crippen molar-refractivity contribution < 1.29 is 4.79 Å². The van der Waals surface area contributed by atoms with Crippen LogP contribution in [0.25, 0.3) is 0 Å². The van der Waals surface area contributed by atoms with E-state index in [4.69, 9.17) is 5.73 Å². The molecule has 0 spiro atoms. The van der Waals surface area contributed by atoms with E-state index in [0.29, 0.717) is 11.8 Å². The van der Waals surface area contributed by atoms with Gasteiger partial charge in [0.05, 0.1) is 5.41 Å². The van der Waals surface area contributed by atoms with E-state index in [1.54, 1.807) is 0 Å². The third-order valence-corrected chi connectivity index (χ3v) is 8.94. The molecule has 3 heteroatoms. The van der Waals surface area contributed by atoms with Gasteiger partial charge < -0.3 is 5.73 Å². The summed E-state index contributed by atoms with van der Waals surface area (Å²) in [7, 11) is 0. The van der Waals surface area contributed by atoms with Gasteiger partial charge in [-0.05, 0) is 67.8 Å². The van der Waals surface area contributed by atoms with Crippen molar-refractivity contribution in [3.8, 4) is 0 Å². The lowest BCUT2D eigenvalue weighted by Crippen LogP contribution is -2.62. The zero-order valence-corrected chi connectivity index (χ0v) is 14.4. The first-order valence-electron chi connectivity index (χ1n) is 9.11. The van der Waals surface area contributed by atoms with Crippen LogP contribution in [0.4, 0.5) is 0 Å². The van der Waals surface area contributed by atoms with E-state index < -0.39 is 0 Å². The molecule has 23 heavy (non-hydrogen) atoms. The molecule has 0 saturated heterocycles. The van der Waals surface area contributed by atoms with Crippen LogP contribution in [0.15, 0.2) is 30.3 Å². The maximum Gasteiger partial charge on any atom is 0.223 e. The number of carbonyl (C=O) groups excluding carboxylic acids is 1. The quantitative estimate of drug-likeness (QED) is 0.912. The van der Waals surface area contributed by atoms with E-state index in [9.17, 15) is 4.79 Å². The van der Waals surface area contributed by atoms with Crippen LogP contribution in [-0.2, 0) is 10.2 Å². The number of carbonyl (C=O) groups is 1. The van der Waals surface area contributed by atoms with Crippen molar-refractivity contribution in [2.45, 2.75) is 60.9 Å². The standard InChI is InChI=1S/C20H25NOS/c21-18(22)20-10-13-8-19(12-20,15-4-2-1-3-5-15)9-14(11-20)17(13)23-16-6-7-16/h1-5,13-14,16-17H,6-12H2,(H2,21,22). The van der Waals surface area contributed by atoms with Gasteiger partial charge in [0.1, 0.15) is 0 Å². The Morgan fingerprint density at radius 2 is 1.70 bits per heavy atom. The first-order valence-corrected chi connectivity index (χ1v) is 10.1. The van der Waals surface area contributed by atoms with Crippen molar-refractivity contribution in [1.29, 1.82) is 0 Å². The van der Waals surface area contributed by atoms with E-state index in [0.717, 1.165) is 29.8 Å². The molecule has 1 aromatic rings. The smallest absolute Gasteiger partial charge is 0.223 e. The average molecular weight is 327 g/mol. The summed E-state index contributed by atoms with van der Waals surface area (Å²) in [6.07, 6.45) is 8.46. The number of thioether (sulfide) groups is 1. The molecule has 2 N–H and O–H groups in total. The van der Waals surface area contributed by atoms with Gasteiger partial charge in [-0.3, -0.25) is 4.79 Å². The fourth-order valence-corrected chi connectivity index (χ4v) is 7.85. The van der Waals surface area contributed by atoms with Crippen molar-refractivity contribution in [1.82, 2.24) is 0 Å². The molecule has 0 radical (unpaired) electrons. The number of amides is 1. The Morgan fingerprint density at radius 1 is 1.04 bits per heavy atom. The highest BCUT2D eigenvalue weighted by Gasteiger charge is 2.64. The number of rotatable bonds is 4. The third-order valence-electron chi connectivity index (χ3n) is 7.00. The van der Waals surface area contributed by atoms with Crippen LogP contribution in [0.1, 0.15) is 50.5 Å². The van der Waals surface area contributed by atoms with Crippen LogP contribution >= 0.6 is 11.8 Å². The second-order valence-corrected chi connectivity index (χ2v) is 10.1. The van der Waals surface area contributed by atoms with Crippen LogP contribution in [0.5, 0.6) is 0 Å². The predicted octanol–water partition coefficient (Wildman–Crippen LogP) is 3.88. The van der Waals surface area contributed by atoms with E-state index in [2.05, 4.69) is 42.1 Å². The minimum absolute atomic E-state index is 0.0259. The molecular weight excluding hydrogens is 302 g/mol. The largest absolute Gasteiger partial charge is 0.369 e. The Labute approximate surface area is 142 Å². The first kappa shape index (κ1) is 14.4. The molecular formula is C20H25NOS. The van der Waals surface area contributed by atoms with Gasteiger partial charge in [-0.2, -0.15) is 11.8 Å². The fourth-order valence-electron chi connectivity index (χ4n) is 6.17. The summed E-state index contributed by atoms with van der Waals surface area (Å²) >= 11 is 2.25. The van der Waals surface area contributed by atoms with Gasteiger partial charge in [0.15, 0.2) is 0 Å². The number of hydrogen-bond acceptors (Lipinski definition) is 2. The van der Waals surface area contributed by atoms with Gasteiger partial charge in [0.25, 0.3) is 0 Å². The Hall–Kier alpha value is -0.960. The molecule has 5 aliphatic carbocycles. The Morgan fingerprint density at radius 3 is 2.26 bits per heavy atom. The van der Waals surface area contributed by atoms with Gasteiger partial charge in [0, 0.05) is 10.5 Å². The first-order chi connectivity index (χ1) is 11.1. The Bertz CT molecular complexity index is 622. The van der Waals surface area contributed by atoms with Gasteiger partial charge in [-0.15, -0.1) is 0 Å². The normalized spacial score (nSPS) is 44.4. The SMILES string of the molecule is NC(=O)C12CC3CC(c4ccccc4)(CC(C1)C3SC1CC1)C2. The second-order valence-electron chi connectivity index (χ2n) is 8.60. The van der Waals surface area contributed by atoms with Crippen LogP contribution in [0.2, 0.25) is 0 Å². The molecule has 0 aliphatic heterocycles. The maximum atomic E-state index is 12.4. The van der Waals surface area contributed by atoms with Crippen molar-refractivity contribution in [2.24, 2.45) is 23.0 Å². The maximum absolute atomic E-state index is 12.4. The lowest BCUT2D eigenvalue weighted by atomic mass is 9.42. The third kappa shape index (κ3) is 2.12. The lowest BCUT2D eigenvalue weighted by molar-refractivity contribution is -0.144. The predicted molar refractivity (Wildman–Crippen MR) is 94.2 cm³/mol. The summed E-state index contributed by atoms with van der Waals surface area (Å²) in [6.45, 7) is 0. The zero-order chi connectivity index (χ0) is 15.7. The molecule has 0 heterocycles. The van der Waals surface area contributed by atoms with Crippen LogP contribution < -0.4 is 5.73 Å². The number of primary amides is 1. The molecule has 0 aromatic heterocycles. The van der Waals surface area contributed by atoms with Crippen molar-refractivity contribution in [2.75, 3.05) is 0 Å². The minimum atomic E-state index is -0.220. The lowest BCUT2D eigenvalue weighted by Gasteiger charge is -2.64. The molecule has 2 atom stereocenters. The minimum Gasteiger partial charge on any atom is -0.369 e. The molecule has 122 valence electrons. The molecule has 5 saturated carbocycles. The van der Waals surface area contributed by atoms with Crippen LogP contribution in [0, 0.1) is 17.3 Å². The molecule has 5 fully saturated rings. The van der Waals surface area contributed by atoms with Gasteiger partial charge in [-0.25, -0.2) is 0 Å². The van der Waals surface area contributed by atoms with Gasteiger partial charge in [-0.1, -0.05) is 30.3 Å². The van der Waals surface area contributed by atoms with E-state index >= 15 is 0 Å². The van der Waals surface area contributed by atoms with Gasteiger partial charge >= 0.3 is 0 Å². The summed E-state index contributed by atoms with van der Waals surface area (Å²) in [5.74, 6) is 1.35. The molecule has 1 aromatic carbocycles.